The van der Waals surface area contributed by atoms with E-state index in [1.54, 1.807) is 22.4 Å². The van der Waals surface area contributed by atoms with E-state index in [9.17, 15) is 0 Å². The van der Waals surface area contributed by atoms with Gasteiger partial charge in [-0.1, -0.05) is 38.1 Å². The van der Waals surface area contributed by atoms with E-state index in [-0.39, 0.29) is 0 Å². The van der Waals surface area contributed by atoms with Crippen molar-refractivity contribution < 1.29 is 0 Å². The number of fused-ring (bicyclic) bond motifs is 1. The van der Waals surface area contributed by atoms with Crippen LogP contribution in [-0.2, 0) is 7.05 Å². The molecule has 1 aromatic heterocycles. The Hall–Kier alpha value is -1.50. The van der Waals surface area contributed by atoms with E-state index < -0.39 is 0 Å². The van der Waals surface area contributed by atoms with Gasteiger partial charge in [0.2, 0.25) is 0 Å². The van der Waals surface area contributed by atoms with Crippen molar-refractivity contribution in [2.45, 2.75) is 32.1 Å². The minimum Gasteiger partial charge on any atom is -0.354 e. The first-order valence-corrected chi connectivity index (χ1v) is 6.83. The van der Waals surface area contributed by atoms with Crippen LogP contribution in [-0.4, -0.2) is 4.57 Å². The van der Waals surface area contributed by atoms with Gasteiger partial charge in [-0.25, -0.2) is 0 Å². The van der Waals surface area contributed by atoms with Crippen molar-refractivity contribution in [2.75, 3.05) is 0 Å². The molecule has 2 atom stereocenters. The summed E-state index contributed by atoms with van der Waals surface area (Å²) < 4.78 is 2.34. The van der Waals surface area contributed by atoms with Gasteiger partial charge in [-0.15, -0.1) is 0 Å². The fourth-order valence-corrected chi connectivity index (χ4v) is 4.29. The molecule has 0 radical (unpaired) electrons. The van der Waals surface area contributed by atoms with Crippen molar-refractivity contribution in [3.05, 3.63) is 58.9 Å². The highest BCUT2D eigenvalue weighted by Gasteiger charge is 2.48. The Morgan fingerprint density at radius 2 is 1.78 bits per heavy atom. The van der Waals surface area contributed by atoms with Gasteiger partial charge in [-0.3, -0.25) is 0 Å². The van der Waals surface area contributed by atoms with Crippen LogP contribution in [0.4, 0.5) is 0 Å². The maximum absolute atomic E-state index is 2.43. The molecule has 0 N–H and O–H groups in total. The van der Waals surface area contributed by atoms with Crippen LogP contribution in [0.15, 0.2) is 36.5 Å². The Bertz CT molecular complexity index is 633. The molecular weight excluding hydrogens is 218 g/mol. The zero-order valence-electron chi connectivity index (χ0n) is 11.3. The van der Waals surface area contributed by atoms with E-state index in [1.165, 1.54) is 6.42 Å². The van der Waals surface area contributed by atoms with Crippen LogP contribution < -0.4 is 0 Å². The molecule has 0 saturated carbocycles. The number of aryl methyl sites for hydroxylation is 1. The highest BCUT2D eigenvalue weighted by Crippen LogP contribution is 2.60. The summed E-state index contributed by atoms with van der Waals surface area (Å²) in [7, 11) is 2.19. The van der Waals surface area contributed by atoms with Crippen molar-refractivity contribution in [2.24, 2.45) is 12.5 Å². The molecule has 2 aromatic rings. The largest absolute Gasteiger partial charge is 0.354 e. The molecule has 3 aliphatic carbocycles. The molecule has 2 bridgehead atoms. The zero-order chi connectivity index (χ0) is 12.5. The minimum atomic E-state index is 0.373. The smallest absolute Gasteiger partial charge is 0.0300 e. The third kappa shape index (κ3) is 1.08. The highest BCUT2D eigenvalue weighted by molar-refractivity contribution is 5.55. The van der Waals surface area contributed by atoms with Gasteiger partial charge in [-0.05, 0) is 34.6 Å². The summed E-state index contributed by atoms with van der Waals surface area (Å²) >= 11 is 0. The summed E-state index contributed by atoms with van der Waals surface area (Å²) in [5, 5.41) is 0. The first-order valence-electron chi connectivity index (χ1n) is 6.83. The van der Waals surface area contributed by atoms with Crippen LogP contribution in [0.25, 0.3) is 0 Å². The van der Waals surface area contributed by atoms with Gasteiger partial charge in [-0.2, -0.15) is 0 Å². The van der Waals surface area contributed by atoms with E-state index in [0.717, 1.165) is 0 Å². The predicted molar refractivity (Wildman–Crippen MR) is 73.9 cm³/mol. The van der Waals surface area contributed by atoms with Gasteiger partial charge >= 0.3 is 0 Å². The molecule has 0 saturated heterocycles. The Morgan fingerprint density at radius 1 is 1.06 bits per heavy atom. The maximum Gasteiger partial charge on any atom is 0.0300 e. The lowest BCUT2D eigenvalue weighted by Gasteiger charge is -2.49. The van der Waals surface area contributed by atoms with Gasteiger partial charge < -0.3 is 4.57 Å². The first-order chi connectivity index (χ1) is 8.59. The van der Waals surface area contributed by atoms with Crippen molar-refractivity contribution in [3.63, 3.8) is 0 Å². The molecule has 1 aromatic carbocycles. The molecule has 2 unspecified atom stereocenters. The second-order valence-electron chi connectivity index (χ2n) is 6.57. The molecule has 1 nitrogen and oxygen atoms in total. The van der Waals surface area contributed by atoms with Crippen molar-refractivity contribution in [3.8, 4) is 0 Å². The molecule has 0 fully saturated rings. The Balaban J connectivity index is 2.08. The summed E-state index contributed by atoms with van der Waals surface area (Å²) in [6, 6.07) is 11.4. The van der Waals surface area contributed by atoms with E-state index >= 15 is 0 Å². The molecule has 5 rings (SSSR count). The number of rotatable bonds is 0. The molecule has 1 heterocycles. The third-order valence-electron chi connectivity index (χ3n) is 5.00. The van der Waals surface area contributed by atoms with E-state index in [2.05, 4.69) is 62.0 Å². The minimum absolute atomic E-state index is 0.373. The number of hydrogen-bond donors (Lipinski definition) is 0. The van der Waals surface area contributed by atoms with Crippen molar-refractivity contribution in [1.82, 2.24) is 4.57 Å². The van der Waals surface area contributed by atoms with Crippen molar-refractivity contribution in [1.29, 1.82) is 0 Å². The second kappa shape index (κ2) is 3.09. The van der Waals surface area contributed by atoms with Crippen LogP contribution in [0.5, 0.6) is 0 Å². The number of aromatic nitrogens is 1. The van der Waals surface area contributed by atoms with E-state index in [0.29, 0.717) is 17.3 Å². The summed E-state index contributed by atoms with van der Waals surface area (Å²) in [4.78, 5) is 0. The summed E-state index contributed by atoms with van der Waals surface area (Å²) in [5.74, 6) is 1.17. The number of hydrogen-bond acceptors (Lipinski definition) is 0. The van der Waals surface area contributed by atoms with Crippen LogP contribution in [0, 0.1) is 5.41 Å². The molecule has 0 aliphatic heterocycles. The van der Waals surface area contributed by atoms with Gasteiger partial charge in [0.1, 0.15) is 0 Å². The van der Waals surface area contributed by atoms with Gasteiger partial charge in [0.25, 0.3) is 0 Å². The van der Waals surface area contributed by atoms with Crippen molar-refractivity contribution >= 4 is 0 Å². The Kier molecular flexibility index (Phi) is 1.79. The normalized spacial score (nSPS) is 26.8. The lowest BCUT2D eigenvalue weighted by Crippen LogP contribution is -2.38. The number of nitrogens with zero attached hydrogens (tertiary/aromatic N) is 1. The topological polar surface area (TPSA) is 4.93 Å². The van der Waals surface area contributed by atoms with Gasteiger partial charge in [0.05, 0.1) is 0 Å². The average molecular weight is 237 g/mol. The highest BCUT2D eigenvalue weighted by atomic mass is 14.9. The standard InChI is InChI=1S/C17H19N/c1-17(2)10-14-11-6-4-5-7-12(11)15(17)16-13(14)8-9-18(16)3/h4-9,14-15H,10H2,1-3H3. The SMILES string of the molecule is Cn1ccc2c1C1c3ccccc3C2CC1(C)C. The van der Waals surface area contributed by atoms with Crippen LogP contribution in [0.2, 0.25) is 0 Å². The van der Waals surface area contributed by atoms with E-state index in [4.69, 9.17) is 0 Å². The zero-order valence-corrected chi connectivity index (χ0v) is 11.3. The summed E-state index contributed by atoms with van der Waals surface area (Å²) in [6.07, 6.45) is 3.52. The average Bonchev–Trinajstić information content (AvgIpc) is 2.72. The van der Waals surface area contributed by atoms with Crippen LogP contribution >= 0.6 is 0 Å². The molecular formula is C17H19N. The summed E-state index contributed by atoms with van der Waals surface area (Å²) in [5.41, 5.74) is 6.63. The van der Waals surface area contributed by atoms with Gasteiger partial charge in [0, 0.05) is 30.8 Å². The predicted octanol–water partition coefficient (Wildman–Crippen LogP) is 4.03. The molecule has 3 aliphatic rings. The Morgan fingerprint density at radius 3 is 2.56 bits per heavy atom. The molecule has 18 heavy (non-hydrogen) atoms. The summed E-state index contributed by atoms with van der Waals surface area (Å²) in [6.45, 7) is 4.85. The molecule has 0 spiro atoms. The van der Waals surface area contributed by atoms with Gasteiger partial charge in [0.15, 0.2) is 0 Å². The van der Waals surface area contributed by atoms with E-state index in [1.807, 2.05) is 0 Å². The quantitative estimate of drug-likeness (QED) is 0.652. The fraction of sp³-hybridized carbons (Fsp3) is 0.412. The molecule has 0 amide bonds. The Labute approximate surface area is 108 Å². The van der Waals surface area contributed by atoms with Crippen LogP contribution in [0.1, 0.15) is 54.5 Å². The fourth-order valence-electron chi connectivity index (χ4n) is 4.29. The molecule has 1 heteroatoms. The lowest BCUT2D eigenvalue weighted by molar-refractivity contribution is 0.230. The molecule has 92 valence electrons. The third-order valence-corrected chi connectivity index (χ3v) is 5.00. The second-order valence-corrected chi connectivity index (χ2v) is 6.57. The first kappa shape index (κ1) is 10.4. The van der Waals surface area contributed by atoms with Crippen LogP contribution in [0.3, 0.4) is 0 Å². The monoisotopic (exact) mass is 237 g/mol. The maximum atomic E-state index is 2.43. The lowest BCUT2D eigenvalue weighted by atomic mass is 9.55. The number of benzene rings is 1.